The summed E-state index contributed by atoms with van der Waals surface area (Å²) < 4.78 is 0. The molecule has 3 aromatic rings. The van der Waals surface area contributed by atoms with Gasteiger partial charge in [0.15, 0.2) is 0 Å². The van der Waals surface area contributed by atoms with Crippen LogP contribution in [0, 0.1) is 0 Å². The van der Waals surface area contributed by atoms with Gasteiger partial charge in [0.2, 0.25) is 0 Å². The summed E-state index contributed by atoms with van der Waals surface area (Å²) in [6, 6.07) is 8.08. The van der Waals surface area contributed by atoms with E-state index >= 15 is 0 Å². The minimum atomic E-state index is -0.865. The van der Waals surface area contributed by atoms with Crippen LogP contribution in [0.4, 0.5) is 0 Å². The van der Waals surface area contributed by atoms with Gasteiger partial charge in [-0.2, -0.15) is 0 Å². The van der Waals surface area contributed by atoms with Crippen LogP contribution in [-0.2, 0) is 6.42 Å². The van der Waals surface area contributed by atoms with Gasteiger partial charge in [0.25, 0.3) is 0 Å². The zero-order valence-electron chi connectivity index (χ0n) is 13.7. The lowest BCUT2D eigenvalue weighted by atomic mass is 9.91. The molecule has 4 rings (SSSR count). The van der Waals surface area contributed by atoms with Gasteiger partial charge >= 0.3 is 0 Å². The maximum atomic E-state index is 10.4. The van der Waals surface area contributed by atoms with Crippen LogP contribution in [0.15, 0.2) is 55.2 Å². The van der Waals surface area contributed by atoms with E-state index in [2.05, 4.69) is 32.4 Å². The summed E-state index contributed by atoms with van der Waals surface area (Å²) in [5.74, 6) is 0. The van der Waals surface area contributed by atoms with E-state index in [-0.39, 0.29) is 6.04 Å². The highest BCUT2D eigenvalue weighted by molar-refractivity contribution is 5.59. The molecule has 0 saturated carbocycles. The highest BCUT2D eigenvalue weighted by Gasteiger charge is 2.25. The summed E-state index contributed by atoms with van der Waals surface area (Å²) in [7, 11) is 0. The molecular formula is C19H19N5O. The summed E-state index contributed by atoms with van der Waals surface area (Å²) >= 11 is 0. The fourth-order valence-corrected chi connectivity index (χ4v) is 3.22. The van der Waals surface area contributed by atoms with E-state index in [1.54, 1.807) is 31.0 Å². The minimum Gasteiger partial charge on any atom is -0.373 e. The molecule has 0 aliphatic heterocycles. The molecule has 2 N–H and O–H groups in total. The molecule has 3 heterocycles. The first kappa shape index (κ1) is 15.8. The van der Waals surface area contributed by atoms with E-state index in [9.17, 15) is 5.11 Å². The van der Waals surface area contributed by atoms with E-state index in [1.165, 1.54) is 5.56 Å². The summed E-state index contributed by atoms with van der Waals surface area (Å²) in [6.45, 7) is 0. The second-order valence-corrected chi connectivity index (χ2v) is 6.12. The highest BCUT2D eigenvalue weighted by Crippen LogP contribution is 2.31. The van der Waals surface area contributed by atoms with Crippen molar-refractivity contribution in [2.24, 2.45) is 0 Å². The predicted molar refractivity (Wildman–Crippen MR) is 93.3 cm³/mol. The van der Waals surface area contributed by atoms with Gasteiger partial charge in [0.1, 0.15) is 11.9 Å². The molecule has 0 radical (unpaired) electrons. The van der Waals surface area contributed by atoms with Crippen molar-refractivity contribution in [3.05, 3.63) is 72.2 Å². The Morgan fingerprint density at radius 1 is 1.04 bits per heavy atom. The summed E-state index contributed by atoms with van der Waals surface area (Å²) in [4.78, 5) is 17.1. The molecule has 0 aromatic carbocycles. The third-order valence-electron chi connectivity index (χ3n) is 4.48. The van der Waals surface area contributed by atoms with Crippen LogP contribution >= 0.6 is 0 Å². The average molecular weight is 333 g/mol. The Hall–Kier alpha value is -2.70. The topological polar surface area (TPSA) is 83.8 Å². The maximum absolute atomic E-state index is 10.4. The second kappa shape index (κ2) is 7.04. The lowest BCUT2D eigenvalue weighted by Crippen LogP contribution is -2.30. The number of hydrogen-bond donors (Lipinski definition) is 2. The van der Waals surface area contributed by atoms with E-state index in [4.69, 9.17) is 4.98 Å². The van der Waals surface area contributed by atoms with Crippen LogP contribution in [0.2, 0.25) is 0 Å². The van der Waals surface area contributed by atoms with E-state index in [0.717, 1.165) is 36.2 Å². The van der Waals surface area contributed by atoms with Crippen molar-refractivity contribution in [1.29, 1.82) is 0 Å². The summed E-state index contributed by atoms with van der Waals surface area (Å²) in [5.41, 5.74) is 4.71. The van der Waals surface area contributed by atoms with Gasteiger partial charge in [0, 0.05) is 30.4 Å². The van der Waals surface area contributed by atoms with E-state index in [1.807, 2.05) is 12.1 Å². The molecule has 0 spiro atoms. The van der Waals surface area contributed by atoms with Crippen LogP contribution in [0.25, 0.3) is 11.3 Å². The van der Waals surface area contributed by atoms with Gasteiger partial charge in [0.05, 0.1) is 23.6 Å². The third kappa shape index (κ3) is 3.40. The number of hydrogen-bond acceptors (Lipinski definition) is 6. The normalized spacial score (nSPS) is 17.7. The number of aromatic nitrogens is 4. The van der Waals surface area contributed by atoms with Gasteiger partial charge in [-0.25, -0.2) is 0 Å². The Morgan fingerprint density at radius 3 is 2.72 bits per heavy atom. The molecule has 0 saturated heterocycles. The quantitative estimate of drug-likeness (QED) is 0.714. The van der Waals surface area contributed by atoms with Crippen molar-refractivity contribution in [2.75, 3.05) is 0 Å². The Balaban J connectivity index is 1.62. The van der Waals surface area contributed by atoms with Crippen LogP contribution in [0.1, 0.15) is 42.1 Å². The average Bonchev–Trinajstić information content (AvgIpc) is 2.69. The zero-order chi connectivity index (χ0) is 17.1. The molecule has 1 aliphatic carbocycles. The van der Waals surface area contributed by atoms with Crippen molar-refractivity contribution in [2.45, 2.75) is 31.5 Å². The molecule has 6 heteroatoms. The van der Waals surface area contributed by atoms with Crippen molar-refractivity contribution in [1.82, 2.24) is 25.3 Å². The molecule has 0 fully saturated rings. The van der Waals surface area contributed by atoms with Crippen molar-refractivity contribution in [3.8, 4) is 11.3 Å². The van der Waals surface area contributed by atoms with Gasteiger partial charge in [-0.1, -0.05) is 6.07 Å². The number of aliphatic hydroxyl groups excluding tert-OH is 1. The number of rotatable bonds is 4. The van der Waals surface area contributed by atoms with Crippen LogP contribution < -0.4 is 5.32 Å². The van der Waals surface area contributed by atoms with Crippen LogP contribution in [-0.4, -0.2) is 25.0 Å². The Kier molecular flexibility index (Phi) is 4.45. The first-order valence-corrected chi connectivity index (χ1v) is 8.41. The first-order chi connectivity index (χ1) is 12.3. The number of nitrogens with one attached hydrogen (secondary N) is 1. The van der Waals surface area contributed by atoms with E-state index < -0.39 is 6.23 Å². The summed E-state index contributed by atoms with van der Waals surface area (Å²) in [6.07, 6.45) is 10.4. The minimum absolute atomic E-state index is 0.0115. The molecule has 0 bridgehead atoms. The number of aryl methyl sites for hydroxylation is 1. The predicted octanol–water partition coefficient (Wildman–Crippen LogP) is 2.59. The molecule has 3 aromatic heterocycles. The fraction of sp³-hybridized carbons (Fsp3) is 0.263. The van der Waals surface area contributed by atoms with Gasteiger partial charge in [-0.05, 0) is 43.0 Å². The molecular weight excluding hydrogens is 314 g/mol. The van der Waals surface area contributed by atoms with Gasteiger partial charge in [-0.3, -0.25) is 25.3 Å². The van der Waals surface area contributed by atoms with Gasteiger partial charge < -0.3 is 5.11 Å². The molecule has 25 heavy (non-hydrogen) atoms. The maximum Gasteiger partial charge on any atom is 0.150 e. The Labute approximate surface area is 146 Å². The number of aliphatic hydroxyl groups is 1. The second-order valence-electron chi connectivity index (χ2n) is 6.12. The SMILES string of the molecule is OC(NC1CCCc2ccc(-c3ccncc3)nc21)c1cnccn1. The number of nitrogens with zero attached hydrogens (tertiary/aromatic N) is 4. The van der Waals surface area contributed by atoms with Crippen molar-refractivity contribution in [3.63, 3.8) is 0 Å². The zero-order valence-corrected chi connectivity index (χ0v) is 13.7. The Morgan fingerprint density at radius 2 is 1.92 bits per heavy atom. The van der Waals surface area contributed by atoms with Crippen molar-refractivity contribution >= 4 is 0 Å². The lowest BCUT2D eigenvalue weighted by molar-refractivity contribution is 0.113. The smallest absolute Gasteiger partial charge is 0.150 e. The highest BCUT2D eigenvalue weighted by atomic mass is 16.3. The van der Waals surface area contributed by atoms with E-state index in [0.29, 0.717) is 5.69 Å². The molecule has 0 amide bonds. The standard InChI is InChI=1S/C19H19N5O/c25-19(17-12-21-10-11-22-17)24-16-3-1-2-14-4-5-15(23-18(14)16)13-6-8-20-9-7-13/h4-12,16,19,24-25H,1-3H2. The third-order valence-corrected chi connectivity index (χ3v) is 4.48. The largest absolute Gasteiger partial charge is 0.373 e. The lowest BCUT2D eigenvalue weighted by Gasteiger charge is -2.28. The molecule has 126 valence electrons. The van der Waals surface area contributed by atoms with Crippen LogP contribution in [0.3, 0.4) is 0 Å². The molecule has 6 nitrogen and oxygen atoms in total. The number of fused-ring (bicyclic) bond motifs is 1. The van der Waals surface area contributed by atoms with Gasteiger partial charge in [-0.15, -0.1) is 0 Å². The molecule has 2 atom stereocenters. The molecule has 1 aliphatic rings. The molecule has 2 unspecified atom stereocenters. The van der Waals surface area contributed by atoms with Crippen molar-refractivity contribution < 1.29 is 5.11 Å². The monoisotopic (exact) mass is 333 g/mol. The Bertz CT molecular complexity index is 841. The van der Waals surface area contributed by atoms with Crippen LogP contribution in [0.5, 0.6) is 0 Å². The summed E-state index contributed by atoms with van der Waals surface area (Å²) in [5, 5.41) is 13.7. The fourth-order valence-electron chi connectivity index (χ4n) is 3.22. The number of pyridine rings is 2. The first-order valence-electron chi connectivity index (χ1n) is 8.41.